The maximum absolute atomic E-state index is 11.6. The first kappa shape index (κ1) is 16.9. The number of hydrogen-bond donors (Lipinski definition) is 1. The Hall–Kier alpha value is -0.170. The largest absolute Gasteiger partial charge is 0.383 e. The number of methoxy groups -OCH3 is 1. The number of nitrogens with one attached hydrogen (secondary N) is 1. The van der Waals surface area contributed by atoms with E-state index >= 15 is 0 Å². The van der Waals surface area contributed by atoms with Crippen LogP contribution in [0.15, 0.2) is 0 Å². The standard InChI is InChI=1S/C13H28N2O3S/c1-4-7-14-13(11-18-2)9-12-6-5-8-15(10-12)19(3,16)17/h12-14H,4-11H2,1-3H3. The third-order valence-electron chi connectivity index (χ3n) is 3.62. The Morgan fingerprint density at radius 2 is 2.21 bits per heavy atom. The quantitative estimate of drug-likeness (QED) is 0.727. The molecule has 1 rings (SSSR count). The molecule has 1 aliphatic rings. The second-order valence-electron chi connectivity index (χ2n) is 5.47. The Kier molecular flexibility index (Phi) is 7.28. The summed E-state index contributed by atoms with van der Waals surface area (Å²) in [6, 6.07) is 0.328. The van der Waals surface area contributed by atoms with Crippen molar-refractivity contribution in [3.8, 4) is 0 Å². The molecule has 2 unspecified atom stereocenters. The van der Waals surface area contributed by atoms with Crippen LogP contribution in [0.1, 0.15) is 32.6 Å². The van der Waals surface area contributed by atoms with Crippen LogP contribution >= 0.6 is 0 Å². The Bertz CT molecular complexity index is 346. The fourth-order valence-electron chi connectivity index (χ4n) is 2.68. The highest BCUT2D eigenvalue weighted by atomic mass is 32.2. The minimum absolute atomic E-state index is 0.328. The van der Waals surface area contributed by atoms with Gasteiger partial charge in [0.15, 0.2) is 0 Å². The highest BCUT2D eigenvalue weighted by Gasteiger charge is 2.27. The molecule has 0 spiro atoms. The SMILES string of the molecule is CCCNC(COC)CC1CCCN(S(C)(=O)=O)C1. The highest BCUT2D eigenvalue weighted by molar-refractivity contribution is 7.88. The molecule has 0 amide bonds. The van der Waals surface area contributed by atoms with E-state index in [9.17, 15) is 8.42 Å². The van der Waals surface area contributed by atoms with Gasteiger partial charge in [0.2, 0.25) is 10.0 Å². The van der Waals surface area contributed by atoms with Crippen molar-refractivity contribution in [3.05, 3.63) is 0 Å². The van der Waals surface area contributed by atoms with Gasteiger partial charge < -0.3 is 10.1 Å². The van der Waals surface area contributed by atoms with Crippen LogP contribution in [0.3, 0.4) is 0 Å². The number of nitrogens with zero attached hydrogens (tertiary/aromatic N) is 1. The summed E-state index contributed by atoms with van der Waals surface area (Å²) in [4.78, 5) is 0. The van der Waals surface area contributed by atoms with Gasteiger partial charge in [0, 0.05) is 26.2 Å². The first-order valence-electron chi connectivity index (χ1n) is 7.14. The van der Waals surface area contributed by atoms with Crippen molar-refractivity contribution in [2.45, 2.75) is 38.6 Å². The molecule has 5 nitrogen and oxygen atoms in total. The van der Waals surface area contributed by atoms with Crippen molar-refractivity contribution >= 4 is 10.0 Å². The Morgan fingerprint density at radius 1 is 1.47 bits per heavy atom. The lowest BCUT2D eigenvalue weighted by Crippen LogP contribution is -2.43. The van der Waals surface area contributed by atoms with Crippen LogP contribution < -0.4 is 5.32 Å². The Labute approximate surface area is 117 Å². The van der Waals surface area contributed by atoms with E-state index in [1.165, 1.54) is 6.26 Å². The summed E-state index contributed by atoms with van der Waals surface area (Å²) in [6.07, 6.45) is 5.46. The van der Waals surface area contributed by atoms with Gasteiger partial charge in [-0.15, -0.1) is 0 Å². The first-order chi connectivity index (χ1) is 8.97. The zero-order chi connectivity index (χ0) is 14.3. The fourth-order valence-corrected chi connectivity index (χ4v) is 3.63. The number of ether oxygens (including phenoxy) is 1. The molecule has 1 saturated heterocycles. The molecule has 1 heterocycles. The molecule has 0 aromatic heterocycles. The molecule has 6 heteroatoms. The van der Waals surface area contributed by atoms with Crippen molar-refractivity contribution in [2.24, 2.45) is 5.92 Å². The van der Waals surface area contributed by atoms with Gasteiger partial charge >= 0.3 is 0 Å². The third-order valence-corrected chi connectivity index (χ3v) is 4.89. The Balaban J connectivity index is 2.49. The molecule has 0 bridgehead atoms. The van der Waals surface area contributed by atoms with Gasteiger partial charge in [-0.3, -0.25) is 0 Å². The number of rotatable bonds is 8. The average molecular weight is 292 g/mol. The van der Waals surface area contributed by atoms with Gasteiger partial charge in [-0.1, -0.05) is 6.92 Å². The topological polar surface area (TPSA) is 58.6 Å². The molecular weight excluding hydrogens is 264 g/mol. The second kappa shape index (κ2) is 8.19. The van der Waals surface area contributed by atoms with Crippen molar-refractivity contribution < 1.29 is 13.2 Å². The van der Waals surface area contributed by atoms with Crippen molar-refractivity contribution in [1.82, 2.24) is 9.62 Å². The molecule has 0 saturated carbocycles. The monoisotopic (exact) mass is 292 g/mol. The predicted molar refractivity (Wildman–Crippen MR) is 77.7 cm³/mol. The van der Waals surface area contributed by atoms with Crippen LogP contribution in [0, 0.1) is 5.92 Å². The van der Waals surface area contributed by atoms with E-state index in [1.54, 1.807) is 11.4 Å². The summed E-state index contributed by atoms with van der Waals surface area (Å²) in [7, 11) is -1.33. The predicted octanol–water partition coefficient (Wildman–Crippen LogP) is 1.06. The molecule has 0 aromatic carbocycles. The normalized spacial score (nSPS) is 23.4. The molecule has 0 aliphatic carbocycles. The minimum Gasteiger partial charge on any atom is -0.383 e. The van der Waals surface area contributed by atoms with Crippen LogP contribution in [-0.2, 0) is 14.8 Å². The zero-order valence-electron chi connectivity index (χ0n) is 12.4. The molecule has 1 fully saturated rings. The van der Waals surface area contributed by atoms with Crippen molar-refractivity contribution in [2.75, 3.05) is 39.6 Å². The lowest BCUT2D eigenvalue weighted by Gasteiger charge is -2.33. The van der Waals surface area contributed by atoms with Crippen LogP contribution in [0.5, 0.6) is 0 Å². The van der Waals surface area contributed by atoms with E-state index in [4.69, 9.17) is 4.74 Å². The molecule has 19 heavy (non-hydrogen) atoms. The lowest BCUT2D eigenvalue weighted by atomic mass is 9.92. The van der Waals surface area contributed by atoms with Gasteiger partial charge in [-0.05, 0) is 38.1 Å². The zero-order valence-corrected chi connectivity index (χ0v) is 13.2. The average Bonchev–Trinajstić information content (AvgIpc) is 2.35. The van der Waals surface area contributed by atoms with Gasteiger partial charge in [0.05, 0.1) is 12.9 Å². The smallest absolute Gasteiger partial charge is 0.211 e. The Morgan fingerprint density at radius 3 is 2.79 bits per heavy atom. The second-order valence-corrected chi connectivity index (χ2v) is 7.45. The lowest BCUT2D eigenvalue weighted by molar-refractivity contribution is 0.143. The number of hydrogen-bond acceptors (Lipinski definition) is 4. The first-order valence-corrected chi connectivity index (χ1v) is 8.99. The maximum atomic E-state index is 11.6. The third kappa shape index (κ3) is 6.21. The van der Waals surface area contributed by atoms with Crippen LogP contribution in [0.4, 0.5) is 0 Å². The van der Waals surface area contributed by atoms with E-state index in [2.05, 4.69) is 12.2 Å². The summed E-state index contributed by atoms with van der Waals surface area (Å²) in [5, 5.41) is 3.48. The van der Waals surface area contributed by atoms with Crippen LogP contribution in [0.25, 0.3) is 0 Å². The van der Waals surface area contributed by atoms with Gasteiger partial charge in [-0.25, -0.2) is 12.7 Å². The van der Waals surface area contributed by atoms with Crippen molar-refractivity contribution in [1.29, 1.82) is 0 Å². The van der Waals surface area contributed by atoms with E-state index < -0.39 is 10.0 Å². The van der Waals surface area contributed by atoms with Gasteiger partial charge in [-0.2, -0.15) is 0 Å². The summed E-state index contributed by atoms with van der Waals surface area (Å²) in [5.41, 5.74) is 0. The summed E-state index contributed by atoms with van der Waals surface area (Å²) in [6.45, 7) is 5.15. The summed E-state index contributed by atoms with van der Waals surface area (Å²) < 4.78 is 30.1. The van der Waals surface area contributed by atoms with Gasteiger partial charge in [0.25, 0.3) is 0 Å². The fraction of sp³-hybridized carbons (Fsp3) is 1.00. The van der Waals surface area contributed by atoms with E-state index in [0.717, 1.165) is 32.2 Å². The highest BCUT2D eigenvalue weighted by Crippen LogP contribution is 2.22. The number of sulfonamides is 1. The van der Waals surface area contributed by atoms with Crippen molar-refractivity contribution in [3.63, 3.8) is 0 Å². The molecule has 1 N–H and O–H groups in total. The molecule has 2 atom stereocenters. The minimum atomic E-state index is -3.04. The number of piperidine rings is 1. The van der Waals surface area contributed by atoms with E-state index in [0.29, 0.717) is 31.7 Å². The maximum Gasteiger partial charge on any atom is 0.211 e. The van der Waals surface area contributed by atoms with Crippen LogP contribution in [0.2, 0.25) is 0 Å². The van der Waals surface area contributed by atoms with Crippen LogP contribution in [-0.4, -0.2) is 58.4 Å². The summed E-state index contributed by atoms with van der Waals surface area (Å²) >= 11 is 0. The van der Waals surface area contributed by atoms with E-state index in [-0.39, 0.29) is 0 Å². The molecule has 0 radical (unpaired) electrons. The van der Waals surface area contributed by atoms with E-state index in [1.807, 2.05) is 0 Å². The molecular formula is C13H28N2O3S. The van der Waals surface area contributed by atoms with Gasteiger partial charge in [0.1, 0.15) is 0 Å². The molecule has 114 valence electrons. The molecule has 0 aromatic rings. The summed E-state index contributed by atoms with van der Waals surface area (Å²) in [5.74, 6) is 0.438. The molecule has 1 aliphatic heterocycles.